The second-order valence-electron chi connectivity index (χ2n) is 5.33. The summed E-state index contributed by atoms with van der Waals surface area (Å²) in [5.74, 6) is 2.25. The van der Waals surface area contributed by atoms with Crippen molar-refractivity contribution >= 4 is 0 Å². The minimum Gasteiger partial charge on any atom is -0.317 e. The van der Waals surface area contributed by atoms with Crippen LogP contribution in [-0.2, 0) is 0 Å². The highest BCUT2D eigenvalue weighted by Gasteiger charge is 1.97. The maximum Gasteiger partial charge on any atom is 0.00613 e. The zero-order chi connectivity index (χ0) is 21.8. The molecule has 0 saturated heterocycles. The lowest BCUT2D eigenvalue weighted by atomic mass is 10.1. The fourth-order valence-corrected chi connectivity index (χ4v) is 1.54. The van der Waals surface area contributed by atoms with Gasteiger partial charge < -0.3 is 5.32 Å². The van der Waals surface area contributed by atoms with Crippen molar-refractivity contribution in [3.05, 3.63) is 48.6 Å². The summed E-state index contributed by atoms with van der Waals surface area (Å²) in [6.07, 6.45) is 9.71. The maximum absolute atomic E-state index is 4.60. The molecule has 1 unspecified atom stereocenters. The van der Waals surface area contributed by atoms with E-state index in [2.05, 4.69) is 96.6 Å². The molecule has 0 saturated carbocycles. The number of terminal acetylenes is 1. The summed E-state index contributed by atoms with van der Waals surface area (Å²) in [5, 5.41) is 3.25. The lowest BCUT2D eigenvalue weighted by molar-refractivity contribution is 0.503. The zero-order valence-corrected chi connectivity index (χ0v) is 19.7. The van der Waals surface area contributed by atoms with Crippen LogP contribution in [0.4, 0.5) is 0 Å². The van der Waals surface area contributed by atoms with Gasteiger partial charge in [-0.15, -0.1) is 25.5 Å². The third-order valence-electron chi connectivity index (χ3n) is 2.76. The zero-order valence-electron chi connectivity index (χ0n) is 19.7. The Morgan fingerprint density at radius 2 is 1.23 bits per heavy atom. The molecule has 0 amide bonds. The monoisotopic (exact) mass is 363 g/mol. The molecule has 0 fully saturated rings. The van der Waals surface area contributed by atoms with E-state index in [-0.39, 0.29) is 0 Å². The Bertz CT molecular complexity index is 320. The molecule has 0 heterocycles. The summed E-state index contributed by atoms with van der Waals surface area (Å²) in [5.41, 5.74) is 2.66. The van der Waals surface area contributed by atoms with Gasteiger partial charge in [0.15, 0.2) is 0 Å². The van der Waals surface area contributed by atoms with Gasteiger partial charge in [-0.3, -0.25) is 0 Å². The number of nitrogens with one attached hydrogen (secondary N) is 1. The van der Waals surface area contributed by atoms with E-state index in [1.54, 1.807) is 6.92 Å². The SMILES string of the molecule is C#CC.C=C.CC.CCC.CCCC(CC)NC.Cc1ccc(C)cc1. The van der Waals surface area contributed by atoms with E-state index in [0.29, 0.717) is 0 Å². The smallest absolute Gasteiger partial charge is 0.00613 e. The summed E-state index contributed by atoms with van der Waals surface area (Å²) >= 11 is 0. The Hall–Kier alpha value is -1.52. The van der Waals surface area contributed by atoms with Crippen LogP contribution < -0.4 is 5.32 Å². The molecule has 1 rings (SSSR count). The van der Waals surface area contributed by atoms with E-state index in [0.717, 1.165) is 6.04 Å². The average Bonchev–Trinajstić information content (AvgIpc) is 2.67. The molecule has 1 heteroatoms. The van der Waals surface area contributed by atoms with Crippen LogP contribution in [-0.4, -0.2) is 13.1 Å². The van der Waals surface area contributed by atoms with Crippen LogP contribution in [0.25, 0.3) is 0 Å². The van der Waals surface area contributed by atoms with Crippen LogP contribution >= 0.6 is 0 Å². The topological polar surface area (TPSA) is 12.0 Å². The lowest BCUT2D eigenvalue weighted by Gasteiger charge is -2.10. The normalized spacial score (nSPS) is 8.50. The second kappa shape index (κ2) is 38.8. The van der Waals surface area contributed by atoms with Crippen LogP contribution in [0, 0.1) is 26.2 Å². The number of hydrogen-bond donors (Lipinski definition) is 1. The molecule has 26 heavy (non-hydrogen) atoms. The van der Waals surface area contributed by atoms with Crippen molar-refractivity contribution in [2.75, 3.05) is 7.05 Å². The quantitative estimate of drug-likeness (QED) is 0.422. The van der Waals surface area contributed by atoms with Crippen LogP contribution in [0.1, 0.15) is 85.3 Å². The van der Waals surface area contributed by atoms with E-state index in [1.165, 1.54) is 36.8 Å². The molecule has 0 aliphatic heterocycles. The summed E-state index contributed by atoms with van der Waals surface area (Å²) in [6, 6.07) is 9.23. The van der Waals surface area contributed by atoms with Crippen molar-refractivity contribution in [3.8, 4) is 12.3 Å². The minimum absolute atomic E-state index is 0.750. The summed E-state index contributed by atoms with van der Waals surface area (Å²) in [4.78, 5) is 0. The highest BCUT2D eigenvalue weighted by Crippen LogP contribution is 1.99. The van der Waals surface area contributed by atoms with Crippen molar-refractivity contribution in [1.82, 2.24) is 5.32 Å². The molecule has 1 aromatic rings. The summed E-state index contributed by atoms with van der Waals surface area (Å²) < 4.78 is 0. The van der Waals surface area contributed by atoms with E-state index in [4.69, 9.17) is 0 Å². The van der Waals surface area contributed by atoms with Gasteiger partial charge in [-0.2, -0.15) is 0 Å². The van der Waals surface area contributed by atoms with Gasteiger partial charge >= 0.3 is 0 Å². The predicted molar refractivity (Wildman–Crippen MR) is 127 cm³/mol. The van der Waals surface area contributed by atoms with Crippen molar-refractivity contribution < 1.29 is 0 Å². The van der Waals surface area contributed by atoms with Gasteiger partial charge in [-0.25, -0.2) is 0 Å². The van der Waals surface area contributed by atoms with Gasteiger partial charge in [-0.05, 0) is 40.7 Å². The van der Waals surface area contributed by atoms with Gasteiger partial charge in [0, 0.05) is 6.04 Å². The number of hydrogen-bond acceptors (Lipinski definition) is 1. The Kier molecular flexibility index (Phi) is 53.1. The van der Waals surface area contributed by atoms with Gasteiger partial charge in [0.05, 0.1) is 0 Å². The molecule has 0 spiro atoms. The average molecular weight is 364 g/mol. The Labute approximate surface area is 167 Å². The van der Waals surface area contributed by atoms with Crippen molar-refractivity contribution in [2.45, 2.75) is 94.0 Å². The lowest BCUT2D eigenvalue weighted by Crippen LogP contribution is -2.23. The van der Waals surface area contributed by atoms with Crippen molar-refractivity contribution in [1.29, 1.82) is 0 Å². The molecule has 1 atom stereocenters. The predicted octanol–water partition coefficient (Wildman–Crippen LogP) is 7.97. The first-order valence-corrected chi connectivity index (χ1v) is 10.0. The molecule has 0 aromatic heterocycles. The summed E-state index contributed by atoms with van der Waals surface area (Å²) in [7, 11) is 2.03. The Balaban J connectivity index is -0.0000000763. The first kappa shape index (κ1) is 35.6. The van der Waals surface area contributed by atoms with E-state index in [1.807, 2.05) is 20.9 Å². The van der Waals surface area contributed by atoms with Gasteiger partial charge in [0.2, 0.25) is 0 Å². The molecule has 0 aliphatic rings. The molecule has 0 radical (unpaired) electrons. The molecule has 0 aliphatic carbocycles. The Morgan fingerprint density at radius 1 is 0.962 bits per heavy atom. The van der Waals surface area contributed by atoms with Crippen molar-refractivity contribution in [3.63, 3.8) is 0 Å². The fraction of sp³-hybridized carbons (Fsp3) is 0.600. The Morgan fingerprint density at radius 3 is 1.35 bits per heavy atom. The molecule has 0 bridgehead atoms. The highest BCUT2D eigenvalue weighted by atomic mass is 14.9. The minimum atomic E-state index is 0.750. The molecule has 1 nitrogen and oxygen atoms in total. The molecule has 154 valence electrons. The van der Waals surface area contributed by atoms with Gasteiger partial charge in [-0.1, -0.05) is 89.8 Å². The molecule has 1 N–H and O–H groups in total. The van der Waals surface area contributed by atoms with Crippen LogP contribution in [0.5, 0.6) is 0 Å². The molecular formula is C25H49N. The largest absolute Gasteiger partial charge is 0.317 e. The van der Waals surface area contributed by atoms with Gasteiger partial charge in [0.1, 0.15) is 0 Å². The van der Waals surface area contributed by atoms with E-state index >= 15 is 0 Å². The number of rotatable bonds is 4. The van der Waals surface area contributed by atoms with E-state index in [9.17, 15) is 0 Å². The summed E-state index contributed by atoms with van der Waals surface area (Å²) in [6.45, 7) is 24.5. The van der Waals surface area contributed by atoms with Crippen LogP contribution in [0.2, 0.25) is 0 Å². The second-order valence-corrected chi connectivity index (χ2v) is 5.33. The third-order valence-corrected chi connectivity index (χ3v) is 2.76. The maximum atomic E-state index is 4.60. The molecule has 1 aromatic carbocycles. The first-order chi connectivity index (χ1) is 12.5. The van der Waals surface area contributed by atoms with Crippen LogP contribution in [0.3, 0.4) is 0 Å². The highest BCUT2D eigenvalue weighted by molar-refractivity contribution is 5.19. The van der Waals surface area contributed by atoms with Gasteiger partial charge in [0.25, 0.3) is 0 Å². The third kappa shape index (κ3) is 43.3. The molecular weight excluding hydrogens is 314 g/mol. The number of aryl methyl sites for hydroxylation is 2. The van der Waals surface area contributed by atoms with Crippen molar-refractivity contribution in [2.24, 2.45) is 0 Å². The van der Waals surface area contributed by atoms with Crippen LogP contribution in [0.15, 0.2) is 37.4 Å². The number of benzene rings is 1. The fourth-order valence-electron chi connectivity index (χ4n) is 1.54. The van der Waals surface area contributed by atoms with E-state index < -0.39 is 0 Å². The first-order valence-electron chi connectivity index (χ1n) is 10.0. The standard InChI is InChI=1S/C8H10.C7H17N.C3H8.C3H4.C2H6.C2H4/c1-7-3-5-8(2)6-4-7;1-4-6-7(5-2)8-3;2*1-3-2;2*1-2/h3-6H,1-2H3;7-8H,4-6H2,1-3H3;3H2,1-2H3;1H,2H3;1-2H3;1-2H2.